The van der Waals surface area contributed by atoms with Crippen LogP contribution in [0, 0.1) is 9.81 Å². The Kier molecular flexibility index (Phi) is 2.60. The zero-order chi connectivity index (χ0) is 9.42. The maximum atomic E-state index is 2.40. The predicted octanol–water partition coefficient (Wildman–Crippen LogP) is 4.38. The lowest BCUT2D eigenvalue weighted by molar-refractivity contribution is 1.16. The van der Waals surface area contributed by atoms with Crippen LogP contribution in [0.3, 0.4) is 0 Å². The maximum absolute atomic E-state index is 2.40. The second-order valence-corrected chi connectivity index (χ2v) is 6.13. The zero-order valence-electron chi connectivity index (χ0n) is 7.73. The average Bonchev–Trinajstić information content (AvgIpc) is 2.48. The smallest absolute Gasteiger partial charge is 0.0666 e. The Morgan fingerprint density at radius 1 is 1.38 bits per heavy atom. The van der Waals surface area contributed by atoms with Gasteiger partial charge in [-0.3, -0.25) is 0 Å². The highest BCUT2D eigenvalue weighted by Crippen LogP contribution is 2.32. The van der Waals surface area contributed by atoms with Crippen LogP contribution < -0.4 is 0 Å². The Morgan fingerprint density at radius 3 is 2.85 bits per heavy atom. The first kappa shape index (κ1) is 9.46. The molecule has 0 atom stereocenters. The summed E-state index contributed by atoms with van der Waals surface area (Å²) in [7, 11) is 0. The van der Waals surface area contributed by atoms with Crippen LogP contribution in [0.15, 0.2) is 18.2 Å². The maximum Gasteiger partial charge on any atom is 0.0666 e. The highest BCUT2D eigenvalue weighted by Gasteiger charge is 2.05. The molecular weight excluding hydrogens is 291 g/mol. The summed E-state index contributed by atoms with van der Waals surface area (Å²) in [5, 5.41) is 1.46. The lowest BCUT2D eigenvalue weighted by Crippen LogP contribution is -1.81. The third-order valence-corrected chi connectivity index (χ3v) is 4.35. The van der Waals surface area contributed by atoms with Crippen molar-refractivity contribution in [3.63, 3.8) is 0 Å². The minimum Gasteiger partial charge on any atom is -0.129 e. The second kappa shape index (κ2) is 3.58. The van der Waals surface area contributed by atoms with E-state index in [0.717, 1.165) is 6.42 Å². The normalized spacial score (nSPS) is 11.0. The van der Waals surface area contributed by atoms with Gasteiger partial charge in [0.05, 0.1) is 2.88 Å². The van der Waals surface area contributed by atoms with Gasteiger partial charge in [0, 0.05) is 4.70 Å². The highest BCUT2D eigenvalue weighted by molar-refractivity contribution is 14.1. The molecule has 0 aliphatic heterocycles. The van der Waals surface area contributed by atoms with Gasteiger partial charge in [0.15, 0.2) is 0 Å². The SMILES string of the molecule is CCc1ccc(C)c2sc(I)cc12. The quantitative estimate of drug-likeness (QED) is 0.686. The fraction of sp³-hybridized carbons (Fsp3) is 0.273. The van der Waals surface area contributed by atoms with Gasteiger partial charge in [-0.2, -0.15) is 0 Å². The lowest BCUT2D eigenvalue weighted by atomic mass is 10.1. The van der Waals surface area contributed by atoms with Gasteiger partial charge in [-0.1, -0.05) is 19.1 Å². The number of rotatable bonds is 1. The summed E-state index contributed by atoms with van der Waals surface area (Å²) in [4.78, 5) is 0. The molecule has 13 heavy (non-hydrogen) atoms. The van der Waals surface area contributed by atoms with Crippen LogP contribution in [-0.4, -0.2) is 0 Å². The van der Waals surface area contributed by atoms with E-state index in [-0.39, 0.29) is 0 Å². The van der Waals surface area contributed by atoms with E-state index in [1.165, 1.54) is 24.1 Å². The van der Waals surface area contributed by atoms with E-state index < -0.39 is 0 Å². The standard InChI is InChI=1S/C11H11IS/c1-3-8-5-4-7(2)11-9(8)6-10(12)13-11/h4-6H,3H2,1-2H3. The van der Waals surface area contributed by atoms with Crippen molar-refractivity contribution in [3.05, 3.63) is 32.2 Å². The van der Waals surface area contributed by atoms with Crippen LogP contribution in [0.5, 0.6) is 0 Å². The molecule has 2 heteroatoms. The molecule has 1 heterocycles. The Hall–Kier alpha value is -0.0900. The topological polar surface area (TPSA) is 0 Å². The van der Waals surface area contributed by atoms with Crippen LogP contribution in [0.4, 0.5) is 0 Å². The number of hydrogen-bond donors (Lipinski definition) is 0. The van der Waals surface area contributed by atoms with Crippen molar-refractivity contribution in [2.24, 2.45) is 0 Å². The van der Waals surface area contributed by atoms with Gasteiger partial charge in [-0.15, -0.1) is 11.3 Å². The second-order valence-electron chi connectivity index (χ2n) is 3.19. The van der Waals surface area contributed by atoms with E-state index in [1.807, 2.05) is 11.3 Å². The Labute approximate surface area is 96.1 Å². The molecule has 0 bridgehead atoms. The first-order valence-corrected chi connectivity index (χ1v) is 6.29. The van der Waals surface area contributed by atoms with Crippen molar-refractivity contribution in [3.8, 4) is 0 Å². The van der Waals surface area contributed by atoms with Gasteiger partial charge >= 0.3 is 0 Å². The van der Waals surface area contributed by atoms with E-state index in [2.05, 4.69) is 54.6 Å². The molecule has 0 nitrogen and oxygen atoms in total. The van der Waals surface area contributed by atoms with E-state index in [4.69, 9.17) is 0 Å². The molecule has 0 unspecified atom stereocenters. The van der Waals surface area contributed by atoms with Crippen LogP contribution in [0.25, 0.3) is 10.1 Å². The first-order valence-electron chi connectivity index (χ1n) is 4.40. The molecule has 1 aromatic carbocycles. The summed E-state index contributed by atoms with van der Waals surface area (Å²) in [5.41, 5.74) is 2.87. The van der Waals surface area contributed by atoms with Crippen molar-refractivity contribution in [1.82, 2.24) is 0 Å². The minimum absolute atomic E-state index is 1.13. The molecule has 0 amide bonds. The summed E-state index contributed by atoms with van der Waals surface area (Å²) >= 11 is 4.30. The molecule has 0 aliphatic carbocycles. The third-order valence-electron chi connectivity index (χ3n) is 2.32. The molecule has 0 radical (unpaired) electrons. The van der Waals surface area contributed by atoms with Crippen LogP contribution >= 0.6 is 33.9 Å². The number of fused-ring (bicyclic) bond motifs is 1. The van der Waals surface area contributed by atoms with Crippen molar-refractivity contribution in [2.75, 3.05) is 0 Å². The van der Waals surface area contributed by atoms with E-state index in [9.17, 15) is 0 Å². The van der Waals surface area contributed by atoms with Gasteiger partial charge in [-0.05, 0) is 58.5 Å². The Balaban J connectivity index is 2.83. The van der Waals surface area contributed by atoms with E-state index >= 15 is 0 Å². The molecular formula is C11H11IS. The molecule has 0 saturated carbocycles. The lowest BCUT2D eigenvalue weighted by Gasteiger charge is -2.00. The molecule has 0 fully saturated rings. The predicted molar refractivity (Wildman–Crippen MR) is 68.7 cm³/mol. The Morgan fingerprint density at radius 2 is 2.15 bits per heavy atom. The van der Waals surface area contributed by atoms with Gasteiger partial charge in [0.25, 0.3) is 0 Å². The molecule has 0 aliphatic rings. The molecule has 2 aromatic rings. The molecule has 0 N–H and O–H groups in total. The molecule has 0 spiro atoms. The number of halogens is 1. The summed E-state index contributed by atoms with van der Waals surface area (Å²) in [6.45, 7) is 4.41. The number of hydrogen-bond acceptors (Lipinski definition) is 1. The largest absolute Gasteiger partial charge is 0.129 e. The van der Waals surface area contributed by atoms with Crippen molar-refractivity contribution >= 4 is 44.0 Å². The van der Waals surface area contributed by atoms with Crippen molar-refractivity contribution < 1.29 is 0 Å². The summed E-state index contributed by atoms with van der Waals surface area (Å²) in [6.07, 6.45) is 1.13. The molecule has 1 aromatic heterocycles. The molecule has 0 saturated heterocycles. The van der Waals surface area contributed by atoms with Crippen molar-refractivity contribution in [2.45, 2.75) is 20.3 Å². The fourth-order valence-corrected chi connectivity index (χ4v) is 3.46. The monoisotopic (exact) mass is 302 g/mol. The summed E-state index contributed by atoms with van der Waals surface area (Å²) in [5.74, 6) is 0. The van der Waals surface area contributed by atoms with Crippen LogP contribution in [0.1, 0.15) is 18.1 Å². The highest BCUT2D eigenvalue weighted by atomic mass is 127. The van der Waals surface area contributed by atoms with E-state index in [1.54, 1.807) is 0 Å². The summed E-state index contributed by atoms with van der Waals surface area (Å²) < 4.78 is 2.85. The van der Waals surface area contributed by atoms with Gasteiger partial charge in [-0.25, -0.2) is 0 Å². The van der Waals surface area contributed by atoms with Crippen LogP contribution in [-0.2, 0) is 6.42 Å². The first-order chi connectivity index (χ1) is 6.22. The Bertz CT molecular complexity index is 443. The van der Waals surface area contributed by atoms with E-state index in [0.29, 0.717) is 0 Å². The number of thiophene rings is 1. The molecule has 2 rings (SSSR count). The number of benzene rings is 1. The summed E-state index contributed by atoms with van der Waals surface area (Å²) in [6, 6.07) is 6.78. The third kappa shape index (κ3) is 1.62. The average molecular weight is 302 g/mol. The van der Waals surface area contributed by atoms with Gasteiger partial charge in [0.1, 0.15) is 0 Å². The molecule has 68 valence electrons. The zero-order valence-corrected chi connectivity index (χ0v) is 10.7. The van der Waals surface area contributed by atoms with Gasteiger partial charge < -0.3 is 0 Å². The fourth-order valence-electron chi connectivity index (χ4n) is 1.59. The minimum atomic E-state index is 1.13. The van der Waals surface area contributed by atoms with Gasteiger partial charge in [0.2, 0.25) is 0 Å². The van der Waals surface area contributed by atoms with Crippen LogP contribution in [0.2, 0.25) is 0 Å². The number of aryl methyl sites for hydroxylation is 2. The van der Waals surface area contributed by atoms with Crippen molar-refractivity contribution in [1.29, 1.82) is 0 Å².